The number of thioether (sulfide) groups is 1. The van der Waals surface area contributed by atoms with Gasteiger partial charge in [-0.25, -0.2) is 0 Å². The van der Waals surface area contributed by atoms with E-state index in [0.29, 0.717) is 0 Å². The Balaban J connectivity index is 1.13. The highest BCUT2D eigenvalue weighted by Gasteiger charge is 2.20. The van der Waals surface area contributed by atoms with Crippen LogP contribution in [0.3, 0.4) is 0 Å². The predicted octanol–water partition coefficient (Wildman–Crippen LogP) is 15.7. The second-order valence-electron chi connectivity index (χ2n) is 15.2. The number of anilines is 2. The van der Waals surface area contributed by atoms with Crippen LogP contribution in [0.5, 0.6) is 0 Å². The molecule has 0 bridgehead atoms. The second kappa shape index (κ2) is 18.0. The first-order valence-corrected chi connectivity index (χ1v) is 21.8. The van der Waals surface area contributed by atoms with Gasteiger partial charge in [0.25, 0.3) is 0 Å². The van der Waals surface area contributed by atoms with Gasteiger partial charge < -0.3 is 9.47 Å². The molecular formula is C57H48N2S. The van der Waals surface area contributed by atoms with Gasteiger partial charge in [0.2, 0.25) is 0 Å². The molecule has 2 aliphatic carbocycles. The van der Waals surface area contributed by atoms with Crippen molar-refractivity contribution in [3.63, 3.8) is 0 Å². The first kappa shape index (κ1) is 38.7. The maximum atomic E-state index is 4.40. The van der Waals surface area contributed by atoms with Gasteiger partial charge in [0.05, 0.1) is 11.6 Å². The molecule has 0 saturated carbocycles. The molecule has 1 aromatic heterocycles. The van der Waals surface area contributed by atoms with E-state index in [2.05, 4.69) is 222 Å². The quantitative estimate of drug-likeness (QED) is 0.135. The topological polar surface area (TPSA) is 8.17 Å². The number of fused-ring (bicyclic) bond motifs is 4. The molecule has 0 spiro atoms. The third-order valence-corrected chi connectivity index (χ3v) is 12.5. The van der Waals surface area contributed by atoms with E-state index in [1.807, 2.05) is 30.8 Å². The van der Waals surface area contributed by atoms with Crippen molar-refractivity contribution in [3.05, 3.63) is 248 Å². The Hall–Kier alpha value is -6.81. The fraction of sp³-hybridized carbons (Fsp3) is 0.0877. The average molecular weight is 793 g/mol. The summed E-state index contributed by atoms with van der Waals surface area (Å²) in [6, 6.07) is 40.6. The summed E-state index contributed by atoms with van der Waals surface area (Å²) >= 11 is 1.93. The summed E-state index contributed by atoms with van der Waals surface area (Å²) in [5.41, 5.74) is 14.2. The molecule has 0 unspecified atom stereocenters. The van der Waals surface area contributed by atoms with E-state index in [-0.39, 0.29) is 6.04 Å². The molecule has 60 heavy (non-hydrogen) atoms. The lowest BCUT2D eigenvalue weighted by atomic mass is 9.97. The Morgan fingerprint density at radius 3 is 2.32 bits per heavy atom. The zero-order valence-corrected chi connectivity index (χ0v) is 34.8. The highest BCUT2D eigenvalue weighted by molar-refractivity contribution is 7.99. The number of para-hydroxylation sites is 1. The van der Waals surface area contributed by atoms with Crippen molar-refractivity contribution in [1.82, 2.24) is 4.57 Å². The Labute approximate surface area is 359 Å². The minimum atomic E-state index is 0.0809. The Morgan fingerprint density at radius 2 is 1.45 bits per heavy atom. The molecule has 2 heterocycles. The normalized spacial score (nSPS) is 16.6. The van der Waals surface area contributed by atoms with E-state index in [1.165, 1.54) is 60.1 Å². The van der Waals surface area contributed by atoms with Crippen molar-refractivity contribution in [1.29, 1.82) is 0 Å². The number of aromatic nitrogens is 1. The molecule has 3 heteroatoms. The summed E-state index contributed by atoms with van der Waals surface area (Å²) in [5, 5.41) is 2.50. The summed E-state index contributed by atoms with van der Waals surface area (Å²) in [7, 11) is 0. The highest BCUT2D eigenvalue weighted by Crippen LogP contribution is 2.41. The van der Waals surface area contributed by atoms with Gasteiger partial charge in [0.1, 0.15) is 0 Å². The number of benzene rings is 5. The van der Waals surface area contributed by atoms with Crippen LogP contribution in [0.4, 0.5) is 11.4 Å². The largest absolute Gasteiger partial charge is 0.330 e. The second-order valence-corrected chi connectivity index (χ2v) is 16.2. The van der Waals surface area contributed by atoms with E-state index in [4.69, 9.17) is 0 Å². The molecule has 6 aromatic rings. The van der Waals surface area contributed by atoms with Gasteiger partial charge >= 0.3 is 0 Å². The SMILES string of the molecule is C=C(/C=C\C=C/C)C1=CC=C(N(c2ccc(-c3cccc(-c4cccc5c4SC/C=C\C=C/C5)c3)cc2)c2ccc3c4ccccc4n(C4C=CC=CC=C4)c3c2)C=CC1. The van der Waals surface area contributed by atoms with Gasteiger partial charge in [-0.3, -0.25) is 0 Å². The molecule has 1 aliphatic heterocycles. The Kier molecular flexibility index (Phi) is 11.6. The van der Waals surface area contributed by atoms with E-state index in [0.717, 1.165) is 41.2 Å². The fourth-order valence-corrected chi connectivity index (χ4v) is 9.41. The molecular weight excluding hydrogens is 745 g/mol. The highest BCUT2D eigenvalue weighted by atomic mass is 32.2. The van der Waals surface area contributed by atoms with E-state index < -0.39 is 0 Å². The van der Waals surface area contributed by atoms with Crippen molar-refractivity contribution in [2.75, 3.05) is 10.7 Å². The predicted molar refractivity (Wildman–Crippen MR) is 261 cm³/mol. The van der Waals surface area contributed by atoms with Crippen LogP contribution in [0.2, 0.25) is 0 Å². The van der Waals surface area contributed by atoms with Gasteiger partial charge in [-0.1, -0.05) is 177 Å². The molecule has 0 radical (unpaired) electrons. The van der Waals surface area contributed by atoms with Crippen molar-refractivity contribution < 1.29 is 0 Å². The minimum absolute atomic E-state index is 0.0809. The molecule has 9 rings (SSSR count). The molecule has 0 saturated heterocycles. The smallest absolute Gasteiger partial charge is 0.0712 e. The molecule has 292 valence electrons. The monoisotopic (exact) mass is 792 g/mol. The molecule has 0 amide bonds. The van der Waals surface area contributed by atoms with Crippen LogP contribution in [0.15, 0.2) is 247 Å². The van der Waals surface area contributed by atoms with Crippen LogP contribution < -0.4 is 4.90 Å². The van der Waals surface area contributed by atoms with Crippen LogP contribution in [0.1, 0.15) is 24.9 Å². The van der Waals surface area contributed by atoms with Crippen LogP contribution in [-0.4, -0.2) is 10.3 Å². The van der Waals surface area contributed by atoms with Gasteiger partial charge in [-0.15, -0.1) is 11.8 Å². The molecule has 3 aliphatic rings. The molecule has 0 N–H and O–H groups in total. The zero-order chi connectivity index (χ0) is 40.7. The Bertz CT molecular complexity index is 2880. The van der Waals surface area contributed by atoms with E-state index in [9.17, 15) is 0 Å². The number of rotatable bonds is 9. The maximum Gasteiger partial charge on any atom is 0.0712 e. The van der Waals surface area contributed by atoms with E-state index in [1.54, 1.807) is 0 Å². The van der Waals surface area contributed by atoms with Crippen LogP contribution in [0, 0.1) is 0 Å². The first-order valence-electron chi connectivity index (χ1n) is 20.8. The van der Waals surface area contributed by atoms with E-state index >= 15 is 0 Å². The van der Waals surface area contributed by atoms with Crippen LogP contribution in [-0.2, 0) is 6.42 Å². The summed E-state index contributed by atoms with van der Waals surface area (Å²) in [6.07, 6.45) is 40.8. The molecule has 2 nitrogen and oxygen atoms in total. The lowest BCUT2D eigenvalue weighted by Crippen LogP contribution is -2.15. The summed E-state index contributed by atoms with van der Waals surface area (Å²) in [6.45, 7) is 6.43. The van der Waals surface area contributed by atoms with Crippen LogP contribution >= 0.6 is 11.8 Å². The standard InChI is InChI=1S/C57H48N2S/c1-3-4-9-19-42(2)43-21-17-27-49(34-31-43)58(51-37-38-54-53-28-13-14-30-55(53)59(56(54)41-51)48-25-11-5-6-12-26-48)50-35-32-44(33-36-50)46-23-16-24-47(40-46)52-29-18-22-45-20-10-7-8-15-39-60-57(45)52/h3-19,22-38,40-41,48H,2,20-21,39H2,1H3/b4-3-,10-7-,15-8-,19-9-. The van der Waals surface area contributed by atoms with Gasteiger partial charge in [0.15, 0.2) is 0 Å². The van der Waals surface area contributed by atoms with Crippen molar-refractivity contribution in [2.45, 2.75) is 30.7 Å². The van der Waals surface area contributed by atoms with Crippen molar-refractivity contribution in [3.8, 4) is 22.3 Å². The zero-order valence-electron chi connectivity index (χ0n) is 34.0. The first-order chi connectivity index (χ1) is 29.7. The molecule has 0 atom stereocenters. The summed E-state index contributed by atoms with van der Waals surface area (Å²) < 4.78 is 2.47. The summed E-state index contributed by atoms with van der Waals surface area (Å²) in [5.74, 6) is 0.957. The third-order valence-electron chi connectivity index (χ3n) is 11.3. The average Bonchev–Trinajstić information content (AvgIpc) is 3.42. The van der Waals surface area contributed by atoms with Crippen molar-refractivity contribution in [2.24, 2.45) is 0 Å². The number of hydrogen-bond acceptors (Lipinski definition) is 2. The van der Waals surface area contributed by atoms with Gasteiger partial charge in [-0.05, 0) is 107 Å². The lowest BCUT2D eigenvalue weighted by Gasteiger charge is -2.27. The molecule has 0 fully saturated rings. The maximum absolute atomic E-state index is 4.40. The summed E-state index contributed by atoms with van der Waals surface area (Å²) in [4.78, 5) is 3.76. The number of allylic oxidation sites excluding steroid dienone is 19. The van der Waals surface area contributed by atoms with Crippen LogP contribution in [0.25, 0.3) is 44.1 Å². The van der Waals surface area contributed by atoms with Gasteiger partial charge in [-0.2, -0.15) is 0 Å². The Morgan fingerprint density at radius 1 is 0.667 bits per heavy atom. The van der Waals surface area contributed by atoms with Gasteiger partial charge in [0, 0.05) is 44.0 Å². The minimum Gasteiger partial charge on any atom is -0.330 e. The lowest BCUT2D eigenvalue weighted by molar-refractivity contribution is 0.782. The third kappa shape index (κ3) is 8.10. The van der Waals surface area contributed by atoms with Crippen molar-refractivity contribution >= 4 is 44.9 Å². The number of nitrogens with zero attached hydrogens (tertiary/aromatic N) is 2. The number of hydrogen-bond donors (Lipinski definition) is 0. The fourth-order valence-electron chi connectivity index (χ4n) is 8.36. The molecule has 5 aromatic carbocycles.